The van der Waals surface area contributed by atoms with E-state index in [0.29, 0.717) is 11.5 Å². The van der Waals surface area contributed by atoms with E-state index >= 15 is 0 Å². The first-order valence-corrected chi connectivity index (χ1v) is 7.15. The first kappa shape index (κ1) is 13.8. The molecule has 0 aliphatic rings. The van der Waals surface area contributed by atoms with Crippen LogP contribution in [0.4, 0.5) is 0 Å². The van der Waals surface area contributed by atoms with Crippen LogP contribution in [0, 0.1) is 3.57 Å². The summed E-state index contributed by atoms with van der Waals surface area (Å²) in [5, 5.41) is 9.00. The van der Waals surface area contributed by atoms with Crippen LogP contribution in [0.2, 0.25) is 0 Å². The fourth-order valence-electron chi connectivity index (χ4n) is 1.85. The highest BCUT2D eigenvalue weighted by Gasteiger charge is 2.09. The number of aromatic carboxylic acids is 1. The number of hydrogen-bond acceptors (Lipinski definition) is 4. The summed E-state index contributed by atoms with van der Waals surface area (Å²) in [5.41, 5.74) is 0.923. The van der Waals surface area contributed by atoms with Crippen LogP contribution in [0.5, 0.6) is 5.75 Å². The highest BCUT2D eigenvalue weighted by molar-refractivity contribution is 14.1. The van der Waals surface area contributed by atoms with Gasteiger partial charge in [-0.25, -0.2) is 14.8 Å². The first-order chi connectivity index (χ1) is 10.1. The first-order valence-electron chi connectivity index (χ1n) is 6.08. The van der Waals surface area contributed by atoms with Gasteiger partial charge < -0.3 is 9.84 Å². The lowest BCUT2D eigenvalue weighted by Gasteiger charge is -2.07. The number of halogens is 1. The van der Waals surface area contributed by atoms with Crippen LogP contribution >= 0.6 is 22.6 Å². The van der Waals surface area contributed by atoms with Crippen molar-refractivity contribution < 1.29 is 14.6 Å². The zero-order valence-corrected chi connectivity index (χ0v) is 12.9. The Labute approximate surface area is 133 Å². The zero-order valence-electron chi connectivity index (χ0n) is 10.7. The molecule has 0 saturated heterocycles. The number of benzene rings is 1. The largest absolute Gasteiger partial charge is 0.486 e. The van der Waals surface area contributed by atoms with Crippen molar-refractivity contribution in [1.29, 1.82) is 0 Å². The van der Waals surface area contributed by atoms with Gasteiger partial charge in [-0.3, -0.25) is 4.40 Å². The van der Waals surface area contributed by atoms with Crippen LogP contribution in [0.1, 0.15) is 16.1 Å². The maximum absolute atomic E-state index is 11.0. The van der Waals surface area contributed by atoms with Gasteiger partial charge >= 0.3 is 5.97 Å². The summed E-state index contributed by atoms with van der Waals surface area (Å²) in [6.45, 7) is 0.252. The van der Waals surface area contributed by atoms with Gasteiger partial charge in [-0.15, -0.1) is 0 Å². The summed E-state index contributed by atoms with van der Waals surface area (Å²) in [6, 6.07) is 6.59. The molecule has 0 aliphatic carbocycles. The van der Waals surface area contributed by atoms with Crippen molar-refractivity contribution in [3.63, 3.8) is 0 Å². The molecule has 3 rings (SSSR count). The highest BCUT2D eigenvalue weighted by atomic mass is 127. The Morgan fingerprint density at radius 2 is 2.29 bits per heavy atom. The summed E-state index contributed by atoms with van der Waals surface area (Å²) in [6.07, 6.45) is 5.36. The molecular weight excluding hydrogens is 385 g/mol. The summed E-state index contributed by atoms with van der Waals surface area (Å²) in [4.78, 5) is 19.4. The molecule has 0 fully saturated rings. The number of aromatic nitrogens is 3. The van der Waals surface area contributed by atoms with Crippen molar-refractivity contribution >= 4 is 34.3 Å². The van der Waals surface area contributed by atoms with Crippen LogP contribution in [0.3, 0.4) is 0 Å². The third-order valence-corrected chi connectivity index (χ3v) is 3.73. The highest BCUT2D eigenvalue weighted by Crippen LogP contribution is 2.23. The van der Waals surface area contributed by atoms with Gasteiger partial charge in [0.05, 0.1) is 14.8 Å². The number of ether oxygens (including phenoxy) is 1. The zero-order chi connectivity index (χ0) is 14.8. The van der Waals surface area contributed by atoms with E-state index in [2.05, 4.69) is 32.6 Å². The fraction of sp³-hybridized carbons (Fsp3) is 0.0714. The van der Waals surface area contributed by atoms with E-state index in [1.165, 1.54) is 6.07 Å². The van der Waals surface area contributed by atoms with E-state index in [1.54, 1.807) is 22.7 Å². The standard InChI is InChI=1S/C14H10IN3O3/c15-11-3-2-9(13(19)20)6-12(11)21-8-10-7-18-5-1-4-16-14(18)17-10/h1-7H,8H2,(H,19,20). The van der Waals surface area contributed by atoms with Gasteiger partial charge in [0.25, 0.3) is 0 Å². The Morgan fingerprint density at radius 3 is 3.05 bits per heavy atom. The molecule has 0 bridgehead atoms. The summed E-state index contributed by atoms with van der Waals surface area (Å²) in [7, 11) is 0. The summed E-state index contributed by atoms with van der Waals surface area (Å²) >= 11 is 2.10. The van der Waals surface area contributed by atoms with E-state index in [9.17, 15) is 4.79 Å². The summed E-state index contributed by atoms with van der Waals surface area (Å²) in [5.74, 6) is 0.152. The molecule has 0 spiro atoms. The minimum Gasteiger partial charge on any atom is -0.486 e. The molecule has 2 aromatic heterocycles. The minimum atomic E-state index is -0.979. The second kappa shape index (κ2) is 5.68. The molecule has 106 valence electrons. The Hall–Kier alpha value is -2.16. The molecular formula is C14H10IN3O3. The fourth-order valence-corrected chi connectivity index (χ4v) is 2.34. The van der Waals surface area contributed by atoms with E-state index < -0.39 is 5.97 Å². The average Bonchev–Trinajstić information content (AvgIpc) is 2.89. The number of hydrogen-bond donors (Lipinski definition) is 1. The molecule has 0 atom stereocenters. The van der Waals surface area contributed by atoms with Gasteiger partial charge in [0.2, 0.25) is 5.78 Å². The van der Waals surface area contributed by atoms with Crippen molar-refractivity contribution in [2.75, 3.05) is 0 Å². The monoisotopic (exact) mass is 395 g/mol. The van der Waals surface area contributed by atoms with Crippen LogP contribution in [0.15, 0.2) is 42.9 Å². The van der Waals surface area contributed by atoms with Crippen molar-refractivity contribution in [3.05, 3.63) is 57.7 Å². The van der Waals surface area contributed by atoms with Crippen LogP contribution < -0.4 is 4.74 Å². The summed E-state index contributed by atoms with van der Waals surface area (Å²) < 4.78 is 8.32. The van der Waals surface area contributed by atoms with Crippen molar-refractivity contribution in [1.82, 2.24) is 14.4 Å². The quantitative estimate of drug-likeness (QED) is 0.688. The predicted molar refractivity (Wildman–Crippen MR) is 83.4 cm³/mol. The third kappa shape index (κ3) is 2.97. The SMILES string of the molecule is O=C(O)c1ccc(I)c(OCc2cn3cccnc3n2)c1. The molecule has 6 nitrogen and oxygen atoms in total. The molecule has 21 heavy (non-hydrogen) atoms. The van der Waals surface area contributed by atoms with E-state index in [4.69, 9.17) is 9.84 Å². The molecule has 0 unspecified atom stereocenters. The van der Waals surface area contributed by atoms with E-state index in [1.807, 2.05) is 18.5 Å². The molecule has 0 radical (unpaired) electrons. The number of carboxylic acid groups (broad SMARTS) is 1. The Bertz CT molecular complexity index is 783. The maximum Gasteiger partial charge on any atom is 0.335 e. The van der Waals surface area contributed by atoms with Gasteiger partial charge in [-0.1, -0.05) is 0 Å². The lowest BCUT2D eigenvalue weighted by atomic mass is 10.2. The molecule has 0 saturated carbocycles. The minimum absolute atomic E-state index is 0.196. The van der Waals surface area contributed by atoms with Crippen LogP contribution in [0.25, 0.3) is 5.78 Å². The smallest absolute Gasteiger partial charge is 0.335 e. The third-order valence-electron chi connectivity index (χ3n) is 2.84. The molecule has 1 aromatic carbocycles. The number of fused-ring (bicyclic) bond motifs is 1. The van der Waals surface area contributed by atoms with Crippen molar-refractivity contribution in [2.24, 2.45) is 0 Å². The van der Waals surface area contributed by atoms with Crippen molar-refractivity contribution in [3.8, 4) is 5.75 Å². The number of nitrogens with zero attached hydrogens (tertiary/aromatic N) is 3. The van der Waals surface area contributed by atoms with Crippen LogP contribution in [-0.4, -0.2) is 25.4 Å². The maximum atomic E-state index is 11.0. The van der Waals surface area contributed by atoms with Gasteiger partial charge in [-0.2, -0.15) is 0 Å². The lowest BCUT2D eigenvalue weighted by molar-refractivity contribution is 0.0696. The molecule has 3 aromatic rings. The second-order valence-electron chi connectivity index (χ2n) is 4.30. The number of carbonyl (C=O) groups is 1. The van der Waals surface area contributed by atoms with Gasteiger partial charge in [0, 0.05) is 18.6 Å². The average molecular weight is 395 g/mol. The normalized spacial score (nSPS) is 10.7. The predicted octanol–water partition coefficient (Wildman–Crippen LogP) is 2.61. The molecule has 7 heteroatoms. The van der Waals surface area contributed by atoms with Crippen molar-refractivity contribution in [2.45, 2.75) is 6.61 Å². The Kier molecular flexibility index (Phi) is 3.74. The number of rotatable bonds is 4. The van der Waals surface area contributed by atoms with Gasteiger partial charge in [0.1, 0.15) is 12.4 Å². The Balaban J connectivity index is 1.80. The van der Waals surface area contributed by atoms with E-state index in [0.717, 1.165) is 9.26 Å². The Morgan fingerprint density at radius 1 is 1.43 bits per heavy atom. The molecule has 0 aliphatic heterocycles. The van der Waals surface area contributed by atoms with Gasteiger partial charge in [-0.05, 0) is 46.9 Å². The number of carboxylic acids is 1. The lowest BCUT2D eigenvalue weighted by Crippen LogP contribution is -2.01. The van der Waals surface area contributed by atoms with Crippen LogP contribution in [-0.2, 0) is 6.61 Å². The molecule has 1 N–H and O–H groups in total. The molecule has 2 heterocycles. The van der Waals surface area contributed by atoms with Gasteiger partial charge in [0.15, 0.2) is 0 Å². The second-order valence-corrected chi connectivity index (χ2v) is 5.46. The van der Waals surface area contributed by atoms with E-state index in [-0.39, 0.29) is 12.2 Å². The topological polar surface area (TPSA) is 76.7 Å². The number of imidazole rings is 1. The molecule has 0 amide bonds.